The van der Waals surface area contributed by atoms with Crippen LogP contribution in [0.4, 0.5) is 5.82 Å². The minimum Gasteiger partial charge on any atom is -0.368 e. The fourth-order valence-electron chi connectivity index (χ4n) is 3.15. The molecule has 0 spiro atoms. The van der Waals surface area contributed by atoms with E-state index in [0.29, 0.717) is 24.3 Å². The average Bonchev–Trinajstić information content (AvgIpc) is 2.82. The van der Waals surface area contributed by atoms with Crippen molar-refractivity contribution in [3.63, 3.8) is 0 Å². The second-order valence-electron chi connectivity index (χ2n) is 5.82. The number of nitrogens with one attached hydrogen (secondary N) is 1. The zero-order chi connectivity index (χ0) is 14.9. The monoisotopic (exact) mass is 305 g/mol. The van der Waals surface area contributed by atoms with Gasteiger partial charge in [0.25, 0.3) is 0 Å². The highest BCUT2D eigenvalue weighted by atomic mass is 32.2. The molecule has 1 fully saturated rings. The molecule has 3 rings (SSSR count). The third-order valence-electron chi connectivity index (χ3n) is 4.38. The lowest BCUT2D eigenvalue weighted by Crippen LogP contribution is -2.26. The van der Waals surface area contributed by atoms with Crippen LogP contribution in [0.5, 0.6) is 0 Å². The zero-order valence-electron chi connectivity index (χ0n) is 11.9. The van der Waals surface area contributed by atoms with E-state index in [1.807, 2.05) is 6.07 Å². The Morgan fingerprint density at radius 3 is 2.86 bits per heavy atom. The third-order valence-corrected chi connectivity index (χ3v) is 6.66. The molecular weight excluding hydrogens is 286 g/mol. The van der Waals surface area contributed by atoms with Gasteiger partial charge < -0.3 is 5.32 Å². The molecule has 1 atom stereocenters. The second kappa shape index (κ2) is 5.64. The molecule has 1 aromatic heterocycles. The van der Waals surface area contributed by atoms with Crippen molar-refractivity contribution in [1.82, 2.24) is 4.98 Å². The Labute approximate surface area is 125 Å². The van der Waals surface area contributed by atoms with Crippen LogP contribution in [0.25, 0.3) is 0 Å². The van der Waals surface area contributed by atoms with Crippen molar-refractivity contribution in [1.29, 1.82) is 5.26 Å². The maximum Gasteiger partial charge on any atom is 0.154 e. The molecule has 0 bridgehead atoms. The molecule has 1 saturated heterocycles. The Balaban J connectivity index is 1.80. The highest BCUT2D eigenvalue weighted by Gasteiger charge is 2.31. The molecule has 1 unspecified atom stereocenters. The Hall–Kier alpha value is -1.61. The largest absolute Gasteiger partial charge is 0.368 e. The molecule has 2 aliphatic rings. The van der Waals surface area contributed by atoms with Crippen molar-refractivity contribution in [2.45, 2.75) is 43.8 Å². The topological polar surface area (TPSA) is 82.8 Å². The summed E-state index contributed by atoms with van der Waals surface area (Å²) in [5, 5.41) is 12.0. The molecule has 0 aromatic carbocycles. The maximum absolute atomic E-state index is 11.8. The number of nitrogens with zero attached hydrogens (tertiary/aromatic N) is 2. The summed E-state index contributed by atoms with van der Waals surface area (Å²) in [6.45, 7) is 0.350. The lowest BCUT2D eigenvalue weighted by atomic mass is 9.95. The molecular formula is C15H19N3O2S. The van der Waals surface area contributed by atoms with Gasteiger partial charge in [0.1, 0.15) is 11.9 Å². The number of pyridine rings is 1. The smallest absolute Gasteiger partial charge is 0.154 e. The summed E-state index contributed by atoms with van der Waals surface area (Å²) >= 11 is 0. The number of aryl methyl sites for hydroxylation is 2. The first-order valence-corrected chi connectivity index (χ1v) is 9.20. The Morgan fingerprint density at radius 2 is 2.14 bits per heavy atom. The number of sulfone groups is 1. The number of hydrogen-bond acceptors (Lipinski definition) is 5. The van der Waals surface area contributed by atoms with Gasteiger partial charge in [0, 0.05) is 12.2 Å². The lowest BCUT2D eigenvalue weighted by Gasteiger charge is -2.18. The number of nitriles is 1. The van der Waals surface area contributed by atoms with E-state index in [4.69, 9.17) is 0 Å². The lowest BCUT2D eigenvalue weighted by molar-refractivity contribution is 0.591. The van der Waals surface area contributed by atoms with E-state index in [0.717, 1.165) is 43.4 Å². The van der Waals surface area contributed by atoms with Crippen LogP contribution >= 0.6 is 0 Å². The van der Waals surface area contributed by atoms with E-state index in [1.165, 1.54) is 0 Å². The predicted molar refractivity (Wildman–Crippen MR) is 80.9 cm³/mol. The van der Waals surface area contributed by atoms with Gasteiger partial charge in [0.15, 0.2) is 9.84 Å². The molecule has 112 valence electrons. The number of anilines is 1. The SMILES string of the molecule is N#Cc1cc2c(nc1NCC1CCCS1(=O)=O)CCCC2. The van der Waals surface area contributed by atoms with Gasteiger partial charge in [-0.1, -0.05) is 0 Å². The molecule has 1 aliphatic carbocycles. The van der Waals surface area contributed by atoms with Gasteiger partial charge in [-0.05, 0) is 50.2 Å². The average molecular weight is 305 g/mol. The van der Waals surface area contributed by atoms with Crippen molar-refractivity contribution in [3.05, 3.63) is 22.9 Å². The van der Waals surface area contributed by atoms with E-state index < -0.39 is 9.84 Å². The fourth-order valence-corrected chi connectivity index (χ4v) is 4.92. The van der Waals surface area contributed by atoms with E-state index in [1.54, 1.807) is 0 Å². The van der Waals surface area contributed by atoms with Gasteiger partial charge in [0.05, 0.1) is 16.6 Å². The van der Waals surface area contributed by atoms with Gasteiger partial charge in [-0.25, -0.2) is 13.4 Å². The fraction of sp³-hybridized carbons (Fsp3) is 0.600. The normalized spacial score (nSPS) is 23.3. The van der Waals surface area contributed by atoms with Crippen LogP contribution in [0.3, 0.4) is 0 Å². The highest BCUT2D eigenvalue weighted by molar-refractivity contribution is 7.92. The third kappa shape index (κ3) is 2.88. The van der Waals surface area contributed by atoms with Crippen LogP contribution in [0, 0.1) is 11.3 Å². The summed E-state index contributed by atoms with van der Waals surface area (Å²) in [7, 11) is -2.97. The Morgan fingerprint density at radius 1 is 1.33 bits per heavy atom. The standard InChI is InChI=1S/C15H19N3O2S/c16-9-12-8-11-4-1-2-6-14(11)18-15(12)17-10-13-5-3-7-21(13,19)20/h8,13H,1-7,10H2,(H,17,18). The molecule has 0 radical (unpaired) electrons. The molecule has 0 saturated carbocycles. The van der Waals surface area contributed by atoms with Gasteiger partial charge in [-0.2, -0.15) is 5.26 Å². The first-order valence-electron chi connectivity index (χ1n) is 7.48. The molecule has 1 N–H and O–H groups in total. The summed E-state index contributed by atoms with van der Waals surface area (Å²) in [6, 6.07) is 4.08. The van der Waals surface area contributed by atoms with Crippen LogP contribution in [-0.2, 0) is 22.7 Å². The van der Waals surface area contributed by atoms with E-state index in [-0.39, 0.29) is 11.0 Å². The zero-order valence-corrected chi connectivity index (χ0v) is 12.7. The van der Waals surface area contributed by atoms with Gasteiger partial charge in [-0.15, -0.1) is 0 Å². The van der Waals surface area contributed by atoms with Crippen molar-refractivity contribution >= 4 is 15.7 Å². The summed E-state index contributed by atoms with van der Waals surface area (Å²) in [6.07, 6.45) is 5.63. The van der Waals surface area contributed by atoms with Crippen molar-refractivity contribution in [3.8, 4) is 6.07 Å². The van der Waals surface area contributed by atoms with Crippen molar-refractivity contribution in [2.75, 3.05) is 17.6 Å². The summed E-state index contributed by atoms with van der Waals surface area (Å²) in [4.78, 5) is 4.56. The molecule has 5 nitrogen and oxygen atoms in total. The number of hydrogen-bond donors (Lipinski definition) is 1. The minimum absolute atomic E-state index is 0.280. The second-order valence-corrected chi connectivity index (χ2v) is 8.22. The van der Waals surface area contributed by atoms with Gasteiger partial charge >= 0.3 is 0 Å². The highest BCUT2D eigenvalue weighted by Crippen LogP contribution is 2.25. The van der Waals surface area contributed by atoms with Gasteiger partial charge in [-0.3, -0.25) is 0 Å². The summed E-state index contributed by atoms with van der Waals surface area (Å²) in [5.41, 5.74) is 2.74. The molecule has 2 heterocycles. The maximum atomic E-state index is 11.8. The van der Waals surface area contributed by atoms with Crippen LogP contribution < -0.4 is 5.32 Å². The quantitative estimate of drug-likeness (QED) is 0.921. The van der Waals surface area contributed by atoms with E-state index in [9.17, 15) is 13.7 Å². The predicted octanol–water partition coefficient (Wildman–Crippen LogP) is 1.82. The first kappa shape index (κ1) is 14.3. The Bertz CT molecular complexity index is 692. The molecule has 1 aliphatic heterocycles. The molecule has 21 heavy (non-hydrogen) atoms. The van der Waals surface area contributed by atoms with Crippen molar-refractivity contribution in [2.24, 2.45) is 0 Å². The number of aromatic nitrogens is 1. The summed E-state index contributed by atoms with van der Waals surface area (Å²) in [5.74, 6) is 0.822. The summed E-state index contributed by atoms with van der Waals surface area (Å²) < 4.78 is 23.7. The Kier molecular flexibility index (Phi) is 3.85. The number of rotatable bonds is 3. The van der Waals surface area contributed by atoms with Crippen LogP contribution in [-0.4, -0.2) is 30.9 Å². The van der Waals surface area contributed by atoms with Crippen LogP contribution in [0.15, 0.2) is 6.07 Å². The van der Waals surface area contributed by atoms with E-state index in [2.05, 4.69) is 16.4 Å². The molecule has 0 amide bonds. The van der Waals surface area contributed by atoms with Crippen LogP contribution in [0.2, 0.25) is 0 Å². The van der Waals surface area contributed by atoms with E-state index >= 15 is 0 Å². The first-order chi connectivity index (χ1) is 10.1. The molecule has 6 heteroatoms. The molecule has 1 aromatic rings. The number of fused-ring (bicyclic) bond motifs is 1. The van der Waals surface area contributed by atoms with Gasteiger partial charge in [0.2, 0.25) is 0 Å². The minimum atomic E-state index is -2.97. The van der Waals surface area contributed by atoms with Crippen molar-refractivity contribution < 1.29 is 8.42 Å². The van der Waals surface area contributed by atoms with Crippen LogP contribution in [0.1, 0.15) is 42.5 Å².